The molecular formula is C11H12INO. The second kappa shape index (κ2) is 3.53. The van der Waals surface area contributed by atoms with Gasteiger partial charge >= 0.3 is 0 Å². The second-order valence-electron chi connectivity index (χ2n) is 4.03. The van der Waals surface area contributed by atoms with Gasteiger partial charge in [0.2, 0.25) is 5.90 Å². The van der Waals surface area contributed by atoms with Gasteiger partial charge in [0.1, 0.15) is 6.61 Å². The Bertz CT molecular complexity index is 385. The third kappa shape index (κ3) is 2.08. The molecule has 2 nitrogen and oxygen atoms in total. The van der Waals surface area contributed by atoms with Crippen LogP contribution in [-0.4, -0.2) is 18.0 Å². The SMILES string of the molecule is CC1(C)COC(c2cccc(I)c2)=N1. The number of hydrogen-bond acceptors (Lipinski definition) is 2. The van der Waals surface area contributed by atoms with Crippen molar-refractivity contribution in [2.24, 2.45) is 4.99 Å². The molecule has 0 radical (unpaired) electrons. The Labute approximate surface area is 97.5 Å². The van der Waals surface area contributed by atoms with Crippen LogP contribution in [0.1, 0.15) is 19.4 Å². The minimum Gasteiger partial charge on any atom is -0.475 e. The standard InChI is InChI=1S/C11H12INO/c1-11(2)7-14-10(13-11)8-4-3-5-9(12)6-8/h3-6H,7H2,1-2H3. The molecule has 14 heavy (non-hydrogen) atoms. The van der Waals surface area contributed by atoms with Crippen LogP contribution in [-0.2, 0) is 4.74 Å². The van der Waals surface area contributed by atoms with Crippen LogP contribution in [0.3, 0.4) is 0 Å². The third-order valence-electron chi connectivity index (χ3n) is 2.04. The first-order valence-corrected chi connectivity index (χ1v) is 5.63. The Balaban J connectivity index is 2.33. The normalized spacial score (nSPS) is 18.9. The summed E-state index contributed by atoms with van der Waals surface area (Å²) in [5, 5.41) is 0. The van der Waals surface area contributed by atoms with E-state index >= 15 is 0 Å². The molecule has 1 aromatic carbocycles. The summed E-state index contributed by atoms with van der Waals surface area (Å²) >= 11 is 2.29. The lowest BCUT2D eigenvalue weighted by Crippen LogP contribution is -2.17. The number of nitrogens with zero attached hydrogens (tertiary/aromatic N) is 1. The summed E-state index contributed by atoms with van der Waals surface area (Å²) in [5.41, 5.74) is 0.999. The van der Waals surface area contributed by atoms with Gasteiger partial charge in [-0.2, -0.15) is 0 Å². The molecule has 74 valence electrons. The number of benzene rings is 1. The molecule has 1 aliphatic rings. The smallest absolute Gasteiger partial charge is 0.216 e. The van der Waals surface area contributed by atoms with Gasteiger partial charge in [-0.15, -0.1) is 0 Å². The summed E-state index contributed by atoms with van der Waals surface area (Å²) in [6, 6.07) is 8.20. The van der Waals surface area contributed by atoms with Gasteiger partial charge in [0.15, 0.2) is 0 Å². The molecule has 0 aliphatic carbocycles. The first-order chi connectivity index (χ1) is 6.57. The van der Waals surface area contributed by atoms with Crippen molar-refractivity contribution in [2.75, 3.05) is 6.61 Å². The molecule has 3 heteroatoms. The molecule has 0 N–H and O–H groups in total. The summed E-state index contributed by atoms with van der Waals surface area (Å²) < 4.78 is 6.76. The van der Waals surface area contributed by atoms with Crippen molar-refractivity contribution in [1.29, 1.82) is 0 Å². The number of hydrogen-bond donors (Lipinski definition) is 0. The van der Waals surface area contributed by atoms with Crippen LogP contribution in [0.4, 0.5) is 0 Å². The van der Waals surface area contributed by atoms with Gasteiger partial charge in [0.25, 0.3) is 0 Å². The van der Waals surface area contributed by atoms with Gasteiger partial charge in [-0.05, 0) is 54.6 Å². The van der Waals surface area contributed by atoms with E-state index in [1.807, 2.05) is 12.1 Å². The molecule has 1 heterocycles. The maximum Gasteiger partial charge on any atom is 0.216 e. The second-order valence-corrected chi connectivity index (χ2v) is 5.27. The number of aliphatic imine (C=N–C) groups is 1. The van der Waals surface area contributed by atoms with Crippen LogP contribution in [0.25, 0.3) is 0 Å². The lowest BCUT2D eigenvalue weighted by molar-refractivity contribution is 0.279. The van der Waals surface area contributed by atoms with Gasteiger partial charge in [0, 0.05) is 9.13 Å². The van der Waals surface area contributed by atoms with E-state index in [-0.39, 0.29) is 5.54 Å². The Morgan fingerprint density at radius 3 is 2.79 bits per heavy atom. The van der Waals surface area contributed by atoms with E-state index in [1.54, 1.807) is 0 Å². The van der Waals surface area contributed by atoms with Gasteiger partial charge in [-0.1, -0.05) is 6.07 Å². The van der Waals surface area contributed by atoms with Crippen LogP contribution in [0, 0.1) is 3.57 Å². The number of halogens is 1. The minimum absolute atomic E-state index is 0.0728. The zero-order valence-electron chi connectivity index (χ0n) is 8.25. The molecule has 0 bridgehead atoms. The van der Waals surface area contributed by atoms with E-state index in [4.69, 9.17) is 4.74 Å². The zero-order chi connectivity index (χ0) is 10.2. The highest BCUT2D eigenvalue weighted by Gasteiger charge is 2.26. The lowest BCUT2D eigenvalue weighted by Gasteiger charge is -2.07. The highest BCUT2D eigenvalue weighted by atomic mass is 127. The maximum atomic E-state index is 5.56. The molecule has 0 spiro atoms. The van der Waals surface area contributed by atoms with Crippen LogP contribution in [0.15, 0.2) is 29.3 Å². The average Bonchev–Trinajstić information content (AvgIpc) is 2.46. The van der Waals surface area contributed by atoms with Crippen LogP contribution in [0.2, 0.25) is 0 Å². The quantitative estimate of drug-likeness (QED) is 0.731. The minimum atomic E-state index is -0.0728. The fourth-order valence-corrected chi connectivity index (χ4v) is 1.90. The third-order valence-corrected chi connectivity index (χ3v) is 2.71. The Morgan fingerprint density at radius 1 is 1.43 bits per heavy atom. The predicted molar refractivity (Wildman–Crippen MR) is 65.7 cm³/mol. The summed E-state index contributed by atoms with van der Waals surface area (Å²) in [7, 11) is 0. The summed E-state index contributed by atoms with van der Waals surface area (Å²) in [4.78, 5) is 4.52. The van der Waals surface area contributed by atoms with E-state index in [0.29, 0.717) is 6.61 Å². The number of ether oxygens (including phenoxy) is 1. The van der Waals surface area contributed by atoms with Gasteiger partial charge in [0.05, 0.1) is 5.54 Å². The fraction of sp³-hybridized carbons (Fsp3) is 0.364. The Kier molecular flexibility index (Phi) is 2.51. The highest BCUT2D eigenvalue weighted by Crippen LogP contribution is 2.21. The molecule has 0 saturated heterocycles. The van der Waals surface area contributed by atoms with Gasteiger partial charge < -0.3 is 4.74 Å². The first kappa shape index (κ1) is 9.96. The number of rotatable bonds is 1. The largest absolute Gasteiger partial charge is 0.475 e. The highest BCUT2D eigenvalue weighted by molar-refractivity contribution is 14.1. The summed E-state index contributed by atoms with van der Waals surface area (Å²) in [5.74, 6) is 0.772. The summed E-state index contributed by atoms with van der Waals surface area (Å²) in [6.07, 6.45) is 0. The molecule has 0 aromatic heterocycles. The van der Waals surface area contributed by atoms with Crippen LogP contribution < -0.4 is 0 Å². The van der Waals surface area contributed by atoms with Crippen LogP contribution >= 0.6 is 22.6 Å². The molecule has 2 rings (SSSR count). The zero-order valence-corrected chi connectivity index (χ0v) is 10.4. The fourth-order valence-electron chi connectivity index (χ4n) is 1.35. The maximum absolute atomic E-state index is 5.56. The van der Waals surface area contributed by atoms with Crippen molar-refractivity contribution in [3.05, 3.63) is 33.4 Å². The van der Waals surface area contributed by atoms with Crippen molar-refractivity contribution in [3.8, 4) is 0 Å². The molecule has 0 amide bonds. The van der Waals surface area contributed by atoms with E-state index < -0.39 is 0 Å². The predicted octanol–water partition coefficient (Wildman–Crippen LogP) is 2.85. The first-order valence-electron chi connectivity index (χ1n) is 4.55. The Hall–Kier alpha value is -0.580. The molecule has 1 aromatic rings. The van der Waals surface area contributed by atoms with Crippen LogP contribution in [0.5, 0.6) is 0 Å². The van der Waals surface area contributed by atoms with E-state index in [1.165, 1.54) is 3.57 Å². The molecule has 0 atom stereocenters. The van der Waals surface area contributed by atoms with Crippen molar-refractivity contribution in [1.82, 2.24) is 0 Å². The topological polar surface area (TPSA) is 21.6 Å². The van der Waals surface area contributed by atoms with Gasteiger partial charge in [-0.3, -0.25) is 0 Å². The van der Waals surface area contributed by atoms with E-state index in [2.05, 4.69) is 53.6 Å². The molecular weight excluding hydrogens is 289 g/mol. The molecule has 0 fully saturated rings. The average molecular weight is 301 g/mol. The van der Waals surface area contributed by atoms with E-state index in [0.717, 1.165) is 11.5 Å². The lowest BCUT2D eigenvalue weighted by atomic mass is 10.1. The van der Waals surface area contributed by atoms with Crippen molar-refractivity contribution in [2.45, 2.75) is 19.4 Å². The molecule has 1 aliphatic heterocycles. The van der Waals surface area contributed by atoms with Crippen molar-refractivity contribution >= 4 is 28.5 Å². The van der Waals surface area contributed by atoms with E-state index in [9.17, 15) is 0 Å². The summed E-state index contributed by atoms with van der Waals surface area (Å²) in [6.45, 7) is 4.83. The van der Waals surface area contributed by atoms with Crippen molar-refractivity contribution in [3.63, 3.8) is 0 Å². The van der Waals surface area contributed by atoms with Crippen molar-refractivity contribution < 1.29 is 4.74 Å². The molecule has 0 saturated carbocycles. The monoisotopic (exact) mass is 301 g/mol. The van der Waals surface area contributed by atoms with Gasteiger partial charge in [-0.25, -0.2) is 4.99 Å². The molecule has 0 unspecified atom stereocenters. The Morgan fingerprint density at radius 2 is 2.21 bits per heavy atom.